The van der Waals surface area contributed by atoms with Gasteiger partial charge in [-0.05, 0) is 66.3 Å². The van der Waals surface area contributed by atoms with Crippen molar-refractivity contribution in [1.82, 2.24) is 9.47 Å². The van der Waals surface area contributed by atoms with Gasteiger partial charge in [0.1, 0.15) is 11.6 Å². The molecule has 0 radical (unpaired) electrons. The van der Waals surface area contributed by atoms with Crippen LogP contribution in [0.15, 0.2) is 66.9 Å². The summed E-state index contributed by atoms with van der Waals surface area (Å²) in [5.41, 5.74) is 3.33. The van der Waals surface area contributed by atoms with E-state index in [-0.39, 0.29) is 11.6 Å². The Balaban J connectivity index is 1.49. The number of aromatic nitrogens is 1. The Labute approximate surface area is 178 Å². The van der Waals surface area contributed by atoms with Crippen LogP contribution in [0.4, 0.5) is 8.78 Å². The van der Waals surface area contributed by atoms with Crippen LogP contribution in [0, 0.1) is 17.6 Å². The van der Waals surface area contributed by atoms with Crippen LogP contribution in [0.2, 0.25) is 0 Å². The maximum Gasteiger partial charge on any atom is 0.123 e. The Morgan fingerprint density at radius 2 is 1.60 bits per heavy atom. The van der Waals surface area contributed by atoms with Gasteiger partial charge >= 0.3 is 0 Å². The van der Waals surface area contributed by atoms with Crippen molar-refractivity contribution in [3.8, 4) is 0 Å². The summed E-state index contributed by atoms with van der Waals surface area (Å²) in [6, 6.07) is 17.9. The smallest absolute Gasteiger partial charge is 0.123 e. The highest BCUT2D eigenvalue weighted by molar-refractivity contribution is 5.19. The molecule has 3 aromatic rings. The number of hydrogen-bond donors (Lipinski definition) is 0. The summed E-state index contributed by atoms with van der Waals surface area (Å²) in [6.07, 6.45) is 8.64. The Kier molecular flexibility index (Phi) is 6.96. The van der Waals surface area contributed by atoms with Crippen LogP contribution in [0.3, 0.4) is 0 Å². The summed E-state index contributed by atoms with van der Waals surface area (Å²) in [6.45, 7) is 3.33. The van der Waals surface area contributed by atoms with E-state index >= 15 is 0 Å². The zero-order chi connectivity index (χ0) is 20.8. The second-order valence-corrected chi connectivity index (χ2v) is 8.56. The molecule has 30 heavy (non-hydrogen) atoms. The van der Waals surface area contributed by atoms with E-state index in [1.165, 1.54) is 56.0 Å². The molecule has 1 saturated carbocycles. The van der Waals surface area contributed by atoms with Crippen molar-refractivity contribution in [3.63, 3.8) is 0 Å². The van der Waals surface area contributed by atoms with E-state index < -0.39 is 0 Å². The first-order chi connectivity index (χ1) is 14.7. The average Bonchev–Trinajstić information content (AvgIpc) is 3.17. The standard InChI is InChI=1S/C26H30F2N2/c27-24-13-11-22(12-14-24)19-30-15-5-10-26(30)20-29(17-21-6-2-1-3-7-21)18-23-8-4-9-25(28)16-23/h4-5,8-16,21H,1-3,6-7,17-20H2. The van der Waals surface area contributed by atoms with E-state index in [1.54, 1.807) is 12.1 Å². The Bertz CT molecular complexity index is 926. The summed E-state index contributed by atoms with van der Waals surface area (Å²) in [5.74, 6) is 0.331. The zero-order valence-electron chi connectivity index (χ0n) is 17.4. The number of rotatable bonds is 8. The molecule has 0 aliphatic heterocycles. The third-order valence-electron chi connectivity index (χ3n) is 6.11. The van der Waals surface area contributed by atoms with Crippen LogP contribution in [-0.2, 0) is 19.6 Å². The van der Waals surface area contributed by atoms with Crippen LogP contribution in [-0.4, -0.2) is 16.0 Å². The van der Waals surface area contributed by atoms with Crippen molar-refractivity contribution in [2.75, 3.05) is 6.54 Å². The van der Waals surface area contributed by atoms with Gasteiger partial charge < -0.3 is 4.57 Å². The maximum absolute atomic E-state index is 13.7. The van der Waals surface area contributed by atoms with Crippen LogP contribution in [0.5, 0.6) is 0 Å². The molecule has 0 bridgehead atoms. The molecule has 1 heterocycles. The lowest BCUT2D eigenvalue weighted by Gasteiger charge is -2.30. The average molecular weight is 409 g/mol. The van der Waals surface area contributed by atoms with E-state index in [0.29, 0.717) is 5.92 Å². The predicted octanol–water partition coefficient (Wildman–Crippen LogP) is 6.40. The van der Waals surface area contributed by atoms with Crippen LogP contribution in [0.25, 0.3) is 0 Å². The van der Waals surface area contributed by atoms with Gasteiger partial charge in [-0.25, -0.2) is 8.78 Å². The fourth-order valence-electron chi connectivity index (χ4n) is 4.58. The van der Waals surface area contributed by atoms with Crippen molar-refractivity contribution in [2.24, 2.45) is 5.92 Å². The first-order valence-electron chi connectivity index (χ1n) is 11.0. The van der Waals surface area contributed by atoms with Gasteiger partial charge in [0, 0.05) is 38.1 Å². The number of halogens is 2. The van der Waals surface area contributed by atoms with Gasteiger partial charge in [-0.15, -0.1) is 0 Å². The topological polar surface area (TPSA) is 8.17 Å². The molecule has 1 aliphatic carbocycles. The van der Waals surface area contributed by atoms with Gasteiger partial charge in [-0.3, -0.25) is 4.90 Å². The van der Waals surface area contributed by atoms with Crippen LogP contribution >= 0.6 is 0 Å². The minimum atomic E-state index is -0.208. The minimum absolute atomic E-state index is 0.176. The molecule has 2 aromatic carbocycles. The normalized spacial score (nSPS) is 15.0. The van der Waals surface area contributed by atoms with Crippen LogP contribution < -0.4 is 0 Å². The summed E-state index contributed by atoms with van der Waals surface area (Å²) in [5, 5.41) is 0. The zero-order valence-corrected chi connectivity index (χ0v) is 17.4. The molecule has 4 rings (SSSR count). The molecule has 1 fully saturated rings. The molecule has 2 nitrogen and oxygen atoms in total. The Hall–Kier alpha value is -2.46. The third kappa shape index (κ3) is 5.79. The molecule has 158 valence electrons. The summed E-state index contributed by atoms with van der Waals surface area (Å²) in [4.78, 5) is 2.46. The fourth-order valence-corrected chi connectivity index (χ4v) is 4.58. The minimum Gasteiger partial charge on any atom is -0.346 e. The second-order valence-electron chi connectivity index (χ2n) is 8.56. The Morgan fingerprint density at radius 3 is 2.37 bits per heavy atom. The third-order valence-corrected chi connectivity index (χ3v) is 6.11. The molecule has 0 amide bonds. The quantitative estimate of drug-likeness (QED) is 0.419. The van der Waals surface area contributed by atoms with E-state index in [1.807, 2.05) is 18.2 Å². The van der Waals surface area contributed by atoms with Gasteiger partial charge in [0.15, 0.2) is 0 Å². The maximum atomic E-state index is 13.7. The predicted molar refractivity (Wildman–Crippen MR) is 117 cm³/mol. The van der Waals surface area contributed by atoms with E-state index in [2.05, 4.69) is 27.8 Å². The molecular weight excluding hydrogens is 378 g/mol. The first kappa shape index (κ1) is 20.8. The molecule has 0 N–H and O–H groups in total. The summed E-state index contributed by atoms with van der Waals surface area (Å²) in [7, 11) is 0. The number of benzene rings is 2. The Morgan fingerprint density at radius 1 is 0.800 bits per heavy atom. The van der Waals surface area contributed by atoms with Crippen molar-refractivity contribution in [2.45, 2.75) is 51.7 Å². The van der Waals surface area contributed by atoms with Crippen molar-refractivity contribution < 1.29 is 8.78 Å². The van der Waals surface area contributed by atoms with Crippen LogP contribution in [0.1, 0.15) is 48.9 Å². The lowest BCUT2D eigenvalue weighted by molar-refractivity contribution is 0.183. The monoisotopic (exact) mass is 408 g/mol. The summed E-state index contributed by atoms with van der Waals surface area (Å²) >= 11 is 0. The molecule has 1 aromatic heterocycles. The highest BCUT2D eigenvalue weighted by atomic mass is 19.1. The van der Waals surface area contributed by atoms with Crippen molar-refractivity contribution >= 4 is 0 Å². The molecule has 4 heteroatoms. The van der Waals surface area contributed by atoms with Gasteiger partial charge in [0.05, 0.1) is 0 Å². The van der Waals surface area contributed by atoms with Gasteiger partial charge in [-0.2, -0.15) is 0 Å². The fraction of sp³-hybridized carbons (Fsp3) is 0.385. The SMILES string of the molecule is Fc1ccc(Cn2cccc2CN(Cc2cccc(F)c2)CC2CCCCC2)cc1. The van der Waals surface area contributed by atoms with Gasteiger partial charge in [0.25, 0.3) is 0 Å². The van der Waals surface area contributed by atoms with Crippen molar-refractivity contribution in [3.05, 3.63) is 95.3 Å². The largest absolute Gasteiger partial charge is 0.346 e. The number of hydrogen-bond acceptors (Lipinski definition) is 1. The molecular formula is C26H30F2N2. The van der Waals surface area contributed by atoms with Gasteiger partial charge in [-0.1, -0.05) is 43.5 Å². The van der Waals surface area contributed by atoms with Gasteiger partial charge in [0.2, 0.25) is 0 Å². The molecule has 0 atom stereocenters. The van der Waals surface area contributed by atoms with E-state index in [4.69, 9.17) is 0 Å². The lowest BCUT2D eigenvalue weighted by atomic mass is 9.89. The number of nitrogens with zero attached hydrogens (tertiary/aromatic N) is 2. The molecule has 0 saturated heterocycles. The molecule has 0 spiro atoms. The van der Waals surface area contributed by atoms with E-state index in [9.17, 15) is 8.78 Å². The lowest BCUT2D eigenvalue weighted by Crippen LogP contribution is -2.30. The first-order valence-corrected chi connectivity index (χ1v) is 11.0. The van der Waals surface area contributed by atoms with Crippen molar-refractivity contribution in [1.29, 1.82) is 0 Å². The molecule has 1 aliphatic rings. The second kappa shape index (κ2) is 10.0. The van der Waals surface area contributed by atoms with E-state index in [0.717, 1.165) is 37.3 Å². The molecule has 0 unspecified atom stereocenters. The highest BCUT2D eigenvalue weighted by Gasteiger charge is 2.19. The summed E-state index contributed by atoms with van der Waals surface area (Å²) < 4.78 is 29.2. The highest BCUT2D eigenvalue weighted by Crippen LogP contribution is 2.26.